The van der Waals surface area contributed by atoms with Crippen LogP contribution >= 0.6 is 0 Å². The number of phenolic OH excluding ortho intramolecular Hbond substituents is 1. The molecule has 1 aromatic heterocycles. The van der Waals surface area contributed by atoms with Crippen LogP contribution in [0.4, 0.5) is 0 Å². The second-order valence-corrected chi connectivity index (χ2v) is 9.16. The van der Waals surface area contributed by atoms with E-state index in [-0.39, 0.29) is 17.8 Å². The number of likely N-dealkylation sites (tertiary alicyclic amines) is 1. The molecule has 1 aliphatic carbocycles. The molecule has 1 unspecified atom stereocenters. The lowest BCUT2D eigenvalue weighted by atomic mass is 9.63. The highest BCUT2D eigenvalue weighted by Gasteiger charge is 2.53. The highest BCUT2D eigenvalue weighted by atomic mass is 16.5. The molecule has 2 bridgehead atoms. The molecule has 0 radical (unpaired) electrons. The van der Waals surface area contributed by atoms with Gasteiger partial charge in [-0.25, -0.2) is 4.98 Å². The van der Waals surface area contributed by atoms with E-state index in [1.54, 1.807) is 6.20 Å². The summed E-state index contributed by atoms with van der Waals surface area (Å²) in [5, 5.41) is 22.2. The van der Waals surface area contributed by atoms with Crippen molar-refractivity contribution in [2.24, 2.45) is 11.8 Å². The van der Waals surface area contributed by atoms with E-state index in [0.29, 0.717) is 30.4 Å². The van der Waals surface area contributed by atoms with Crippen LogP contribution < -0.4 is 9.47 Å². The van der Waals surface area contributed by atoms with Crippen LogP contribution in [0.1, 0.15) is 55.4 Å². The van der Waals surface area contributed by atoms with Gasteiger partial charge in [-0.1, -0.05) is 18.6 Å². The summed E-state index contributed by atoms with van der Waals surface area (Å²) in [5.41, 5.74) is 2.68. The highest BCUT2D eigenvalue weighted by Crippen LogP contribution is 2.51. The van der Waals surface area contributed by atoms with E-state index in [4.69, 9.17) is 9.47 Å². The van der Waals surface area contributed by atoms with Gasteiger partial charge >= 0.3 is 6.01 Å². The fraction of sp³-hybridized carbons (Fsp3) is 0.600. The zero-order chi connectivity index (χ0) is 22.9. The molecular formula is C25H35N3O4. The smallest absolute Gasteiger partial charge is 0.319 e. The molecule has 2 aromatic rings. The normalized spacial score (nSPS) is 25.5. The van der Waals surface area contributed by atoms with Crippen molar-refractivity contribution < 1.29 is 19.7 Å². The van der Waals surface area contributed by atoms with Crippen molar-refractivity contribution in [3.8, 4) is 17.6 Å². The van der Waals surface area contributed by atoms with Gasteiger partial charge in [0.2, 0.25) is 5.88 Å². The first kappa shape index (κ1) is 22.8. The Balaban J connectivity index is 1.61. The molecule has 1 saturated carbocycles. The SMILES string of the molecule is CCOc1ncc(C2(O)[C@@H]3CCC[C@H]2CN(Cc2cc(C)c(O)c(C)c2)C3)c(OCC)n1. The Labute approximate surface area is 190 Å². The fourth-order valence-electron chi connectivity index (χ4n) is 5.58. The monoisotopic (exact) mass is 441 g/mol. The average molecular weight is 442 g/mol. The number of nitrogens with zero attached hydrogens (tertiary/aromatic N) is 3. The van der Waals surface area contributed by atoms with Gasteiger partial charge in [-0.05, 0) is 57.2 Å². The number of piperidine rings is 1. The third-order valence-corrected chi connectivity index (χ3v) is 6.98. The molecule has 1 saturated heterocycles. The summed E-state index contributed by atoms with van der Waals surface area (Å²) in [5.74, 6) is 0.964. The summed E-state index contributed by atoms with van der Waals surface area (Å²) < 4.78 is 11.3. The van der Waals surface area contributed by atoms with Crippen LogP contribution in [0.5, 0.6) is 17.6 Å². The number of aromatic hydroxyl groups is 1. The summed E-state index contributed by atoms with van der Waals surface area (Å²) in [4.78, 5) is 11.3. The lowest BCUT2D eigenvalue weighted by Gasteiger charge is -2.53. The second kappa shape index (κ2) is 9.24. The standard InChI is InChI=1S/C25H35N3O4/c1-5-31-23-21(12-26-24(27-23)32-6-2)25(30)19-8-7-9-20(25)15-28(14-19)13-18-10-16(3)22(29)17(4)11-18/h10-12,19-20,29-30H,5-9,13-15H2,1-4H3/t19-,20+,25?. The number of aliphatic hydroxyl groups is 1. The third-order valence-electron chi connectivity index (χ3n) is 6.98. The summed E-state index contributed by atoms with van der Waals surface area (Å²) in [6.07, 6.45) is 4.73. The molecule has 0 amide bonds. The lowest BCUT2D eigenvalue weighted by Crippen LogP contribution is -2.58. The van der Waals surface area contributed by atoms with Gasteiger partial charge in [-0.2, -0.15) is 4.98 Å². The van der Waals surface area contributed by atoms with Crippen molar-refractivity contribution >= 4 is 0 Å². The molecule has 3 atom stereocenters. The third kappa shape index (κ3) is 4.16. The van der Waals surface area contributed by atoms with Crippen molar-refractivity contribution in [2.75, 3.05) is 26.3 Å². The highest BCUT2D eigenvalue weighted by molar-refractivity contribution is 5.42. The van der Waals surface area contributed by atoms with Crippen LogP contribution in [0.2, 0.25) is 0 Å². The number of hydrogen-bond donors (Lipinski definition) is 2. The van der Waals surface area contributed by atoms with Gasteiger partial charge in [0.25, 0.3) is 0 Å². The molecule has 32 heavy (non-hydrogen) atoms. The van der Waals surface area contributed by atoms with Crippen LogP contribution in [-0.2, 0) is 12.1 Å². The topological polar surface area (TPSA) is 87.9 Å². The molecule has 7 nitrogen and oxygen atoms in total. The average Bonchev–Trinajstić information content (AvgIpc) is 2.73. The number of rotatable bonds is 7. The van der Waals surface area contributed by atoms with Gasteiger partial charge in [0, 0.05) is 37.7 Å². The number of phenols is 1. The van der Waals surface area contributed by atoms with Crippen molar-refractivity contribution in [3.63, 3.8) is 0 Å². The maximum absolute atomic E-state index is 12.1. The maximum atomic E-state index is 12.1. The second-order valence-electron chi connectivity index (χ2n) is 9.16. The number of hydrogen-bond acceptors (Lipinski definition) is 7. The number of ether oxygens (including phenoxy) is 2. The Morgan fingerprint density at radius 3 is 2.28 bits per heavy atom. The minimum atomic E-state index is -1.01. The molecule has 0 spiro atoms. The van der Waals surface area contributed by atoms with E-state index in [9.17, 15) is 10.2 Å². The molecule has 2 aliphatic rings. The van der Waals surface area contributed by atoms with E-state index in [1.807, 2.05) is 27.7 Å². The predicted octanol–water partition coefficient (Wildman–Crippen LogP) is 3.72. The first-order valence-corrected chi connectivity index (χ1v) is 11.7. The molecule has 7 heteroatoms. The summed E-state index contributed by atoms with van der Waals surface area (Å²) in [7, 11) is 0. The van der Waals surface area contributed by atoms with Gasteiger partial charge in [0.15, 0.2) is 0 Å². The number of benzene rings is 1. The van der Waals surface area contributed by atoms with Crippen molar-refractivity contribution in [1.29, 1.82) is 0 Å². The van der Waals surface area contributed by atoms with Gasteiger partial charge in [0.05, 0.1) is 18.8 Å². The Morgan fingerprint density at radius 1 is 1.06 bits per heavy atom. The molecule has 2 fully saturated rings. The summed E-state index contributed by atoms with van der Waals surface area (Å²) in [6, 6.07) is 4.41. The van der Waals surface area contributed by atoms with Gasteiger partial charge in [-0.3, -0.25) is 4.90 Å². The minimum Gasteiger partial charge on any atom is -0.507 e. The molecule has 4 rings (SSSR count). The first-order valence-electron chi connectivity index (χ1n) is 11.7. The zero-order valence-electron chi connectivity index (χ0n) is 19.6. The van der Waals surface area contributed by atoms with Crippen LogP contribution in [0.25, 0.3) is 0 Å². The van der Waals surface area contributed by atoms with Crippen LogP contribution in [-0.4, -0.2) is 51.4 Å². The van der Waals surface area contributed by atoms with Crippen LogP contribution in [0.15, 0.2) is 18.3 Å². The molecule has 2 heterocycles. The quantitative estimate of drug-likeness (QED) is 0.677. The maximum Gasteiger partial charge on any atom is 0.319 e. The summed E-state index contributed by atoms with van der Waals surface area (Å²) in [6.45, 7) is 11.0. The molecule has 1 aliphatic heterocycles. The fourth-order valence-corrected chi connectivity index (χ4v) is 5.58. The van der Waals surface area contributed by atoms with Gasteiger partial charge in [-0.15, -0.1) is 0 Å². The number of aromatic nitrogens is 2. The van der Waals surface area contributed by atoms with E-state index >= 15 is 0 Å². The molecule has 174 valence electrons. The van der Waals surface area contributed by atoms with E-state index in [0.717, 1.165) is 50.0 Å². The lowest BCUT2D eigenvalue weighted by molar-refractivity contribution is -0.150. The molecule has 2 N–H and O–H groups in total. The van der Waals surface area contributed by atoms with Gasteiger partial charge in [0.1, 0.15) is 11.4 Å². The number of fused-ring (bicyclic) bond motifs is 2. The Hall–Kier alpha value is -2.38. The van der Waals surface area contributed by atoms with Crippen molar-refractivity contribution in [3.05, 3.63) is 40.6 Å². The minimum absolute atomic E-state index is 0.0788. The predicted molar refractivity (Wildman–Crippen MR) is 122 cm³/mol. The van der Waals surface area contributed by atoms with Crippen LogP contribution in [0.3, 0.4) is 0 Å². The van der Waals surface area contributed by atoms with E-state index in [2.05, 4.69) is 27.0 Å². The van der Waals surface area contributed by atoms with E-state index in [1.165, 1.54) is 5.56 Å². The van der Waals surface area contributed by atoms with E-state index < -0.39 is 5.60 Å². The van der Waals surface area contributed by atoms with Crippen molar-refractivity contribution in [1.82, 2.24) is 14.9 Å². The Kier molecular flexibility index (Phi) is 6.58. The summed E-state index contributed by atoms with van der Waals surface area (Å²) >= 11 is 0. The first-order chi connectivity index (χ1) is 15.4. The van der Waals surface area contributed by atoms with Crippen LogP contribution in [0, 0.1) is 25.7 Å². The molecule has 1 aromatic carbocycles. The zero-order valence-corrected chi connectivity index (χ0v) is 19.6. The number of aryl methyl sites for hydroxylation is 2. The Morgan fingerprint density at radius 2 is 1.69 bits per heavy atom. The van der Waals surface area contributed by atoms with Crippen molar-refractivity contribution in [2.45, 2.75) is 59.1 Å². The Bertz CT molecular complexity index is 927. The van der Waals surface area contributed by atoms with Gasteiger partial charge < -0.3 is 19.7 Å². The largest absolute Gasteiger partial charge is 0.507 e. The molecular weight excluding hydrogens is 406 g/mol.